The average molecular weight is 213 g/mol. The van der Waals surface area contributed by atoms with Crippen LogP contribution >= 0.6 is 0 Å². The van der Waals surface area contributed by atoms with Crippen molar-refractivity contribution in [2.75, 3.05) is 13.1 Å². The van der Waals surface area contributed by atoms with Gasteiger partial charge >= 0.3 is 0 Å². The second kappa shape index (κ2) is 3.58. The van der Waals surface area contributed by atoms with Gasteiger partial charge in [0.25, 0.3) is 0 Å². The molecule has 0 unspecified atom stereocenters. The van der Waals surface area contributed by atoms with Gasteiger partial charge in [-0.15, -0.1) is 0 Å². The lowest BCUT2D eigenvalue weighted by Crippen LogP contribution is -2.64. The molecule has 0 atom stereocenters. The zero-order valence-corrected chi connectivity index (χ0v) is 10.9. The lowest BCUT2D eigenvalue weighted by molar-refractivity contribution is -0.0508. The molecule has 1 fully saturated rings. The minimum absolute atomic E-state index is 0.0707. The number of allylic oxidation sites excluding steroid dienone is 1. The monoisotopic (exact) mass is 213 g/mol. The first-order chi connectivity index (χ1) is 6.52. The van der Waals surface area contributed by atoms with Crippen LogP contribution in [0.1, 0.15) is 41.5 Å². The smallest absolute Gasteiger partial charge is 0.154 e. The Hall–Kier alpha value is -0.370. The Bertz CT molecular complexity index is 249. The highest BCUT2D eigenvalue weighted by Gasteiger charge is 2.45. The van der Waals surface area contributed by atoms with Crippen molar-refractivity contribution in [2.24, 2.45) is 5.41 Å². The fourth-order valence-electron chi connectivity index (χ4n) is 1.57. The highest BCUT2D eigenvalue weighted by molar-refractivity contribution is 5.14. The van der Waals surface area contributed by atoms with Crippen LogP contribution in [0.5, 0.6) is 0 Å². The van der Waals surface area contributed by atoms with Crippen molar-refractivity contribution >= 4 is 0 Å². The number of alkyl halides is 1. The van der Waals surface area contributed by atoms with Gasteiger partial charge in [-0.1, -0.05) is 26.8 Å². The van der Waals surface area contributed by atoms with Gasteiger partial charge in [-0.05, 0) is 32.3 Å². The van der Waals surface area contributed by atoms with E-state index in [2.05, 4.69) is 46.4 Å². The van der Waals surface area contributed by atoms with E-state index in [4.69, 9.17) is 0 Å². The molecule has 0 spiro atoms. The zero-order chi connectivity index (χ0) is 11.9. The topological polar surface area (TPSA) is 3.24 Å². The molecule has 1 aliphatic heterocycles. The summed E-state index contributed by atoms with van der Waals surface area (Å²) < 4.78 is 14.1. The van der Waals surface area contributed by atoms with Gasteiger partial charge in [0.05, 0.1) is 0 Å². The highest BCUT2D eigenvalue weighted by atomic mass is 19.1. The predicted molar refractivity (Wildman–Crippen MR) is 63.8 cm³/mol. The summed E-state index contributed by atoms with van der Waals surface area (Å²) in [5.74, 6) is 0. The third-order valence-electron chi connectivity index (χ3n) is 2.74. The molecule has 1 aliphatic rings. The average Bonchev–Trinajstić information content (AvgIpc) is 1.92. The maximum Gasteiger partial charge on any atom is 0.154 e. The Balaban J connectivity index is 2.52. The molecule has 1 saturated heterocycles. The van der Waals surface area contributed by atoms with Crippen molar-refractivity contribution in [3.63, 3.8) is 0 Å². The van der Waals surface area contributed by atoms with Gasteiger partial charge in [-0.2, -0.15) is 0 Å². The minimum Gasteiger partial charge on any atom is -0.291 e. The van der Waals surface area contributed by atoms with Crippen molar-refractivity contribution in [3.05, 3.63) is 12.2 Å². The molecule has 15 heavy (non-hydrogen) atoms. The van der Waals surface area contributed by atoms with E-state index >= 15 is 0 Å². The third kappa shape index (κ3) is 3.60. The van der Waals surface area contributed by atoms with Crippen LogP contribution in [0.2, 0.25) is 0 Å². The molecule has 1 rings (SSSR count). The number of halogens is 1. The van der Waals surface area contributed by atoms with Crippen LogP contribution in [0.15, 0.2) is 12.2 Å². The van der Waals surface area contributed by atoms with Gasteiger partial charge in [0.15, 0.2) is 5.67 Å². The SMILES string of the molecule is CC(C)(C)/C=C/C1(F)CN(C(C)(C)C)C1. The lowest BCUT2D eigenvalue weighted by atomic mass is 9.86. The number of rotatable bonds is 1. The quantitative estimate of drug-likeness (QED) is 0.603. The molecule has 2 heteroatoms. The number of nitrogens with zero attached hydrogens (tertiary/aromatic N) is 1. The standard InChI is InChI=1S/C13H24FN/c1-11(2,3)7-8-13(14)9-15(10-13)12(4,5)6/h7-8H,9-10H2,1-6H3/b8-7+. The van der Waals surface area contributed by atoms with E-state index in [0.717, 1.165) is 0 Å². The second-order valence-electron chi connectivity index (χ2n) is 6.76. The zero-order valence-electron chi connectivity index (χ0n) is 10.9. The molecule has 0 aromatic carbocycles. The van der Waals surface area contributed by atoms with Crippen molar-refractivity contribution < 1.29 is 4.39 Å². The van der Waals surface area contributed by atoms with E-state index in [0.29, 0.717) is 13.1 Å². The molecule has 1 heterocycles. The summed E-state index contributed by atoms with van der Waals surface area (Å²) in [4.78, 5) is 2.17. The Kier molecular flexibility index (Phi) is 3.03. The Morgan fingerprint density at radius 2 is 1.53 bits per heavy atom. The molecular formula is C13H24FN. The van der Waals surface area contributed by atoms with E-state index < -0.39 is 5.67 Å². The molecule has 0 bridgehead atoms. The number of hydrogen-bond acceptors (Lipinski definition) is 1. The van der Waals surface area contributed by atoms with Gasteiger partial charge in [0.2, 0.25) is 0 Å². The summed E-state index contributed by atoms with van der Waals surface area (Å²) in [7, 11) is 0. The molecule has 0 radical (unpaired) electrons. The molecule has 0 N–H and O–H groups in total. The number of hydrogen-bond donors (Lipinski definition) is 0. The fourth-order valence-corrected chi connectivity index (χ4v) is 1.57. The molecule has 0 amide bonds. The molecule has 0 aliphatic carbocycles. The first-order valence-corrected chi connectivity index (χ1v) is 5.66. The molecule has 0 saturated carbocycles. The molecular weight excluding hydrogens is 189 g/mol. The van der Waals surface area contributed by atoms with Crippen LogP contribution < -0.4 is 0 Å². The van der Waals surface area contributed by atoms with E-state index in [1.807, 2.05) is 6.08 Å². The summed E-state index contributed by atoms with van der Waals surface area (Å²) in [5.41, 5.74) is -0.938. The van der Waals surface area contributed by atoms with Crippen LogP contribution in [0.3, 0.4) is 0 Å². The Morgan fingerprint density at radius 1 is 1.07 bits per heavy atom. The van der Waals surface area contributed by atoms with Gasteiger partial charge in [-0.3, -0.25) is 4.90 Å². The van der Waals surface area contributed by atoms with Crippen molar-refractivity contribution in [1.82, 2.24) is 4.90 Å². The Labute approximate surface area is 93.3 Å². The Morgan fingerprint density at radius 3 is 1.87 bits per heavy atom. The van der Waals surface area contributed by atoms with E-state index in [9.17, 15) is 4.39 Å². The van der Waals surface area contributed by atoms with Gasteiger partial charge in [0, 0.05) is 18.6 Å². The van der Waals surface area contributed by atoms with Crippen LogP contribution in [0, 0.1) is 5.41 Å². The molecule has 0 aromatic rings. The van der Waals surface area contributed by atoms with Crippen molar-refractivity contribution in [1.29, 1.82) is 0 Å². The molecule has 88 valence electrons. The largest absolute Gasteiger partial charge is 0.291 e. The maximum atomic E-state index is 14.1. The lowest BCUT2D eigenvalue weighted by Gasteiger charge is -2.50. The van der Waals surface area contributed by atoms with Crippen LogP contribution in [0.25, 0.3) is 0 Å². The van der Waals surface area contributed by atoms with Crippen LogP contribution in [-0.2, 0) is 0 Å². The normalized spacial score (nSPS) is 23.1. The third-order valence-corrected chi connectivity index (χ3v) is 2.74. The predicted octanol–water partition coefficient (Wildman–Crippen LogP) is 3.41. The van der Waals surface area contributed by atoms with Crippen molar-refractivity contribution in [2.45, 2.75) is 52.8 Å². The van der Waals surface area contributed by atoms with Crippen LogP contribution in [-0.4, -0.2) is 29.2 Å². The van der Waals surface area contributed by atoms with Crippen molar-refractivity contribution in [3.8, 4) is 0 Å². The van der Waals surface area contributed by atoms with Gasteiger partial charge < -0.3 is 0 Å². The van der Waals surface area contributed by atoms with Crippen LogP contribution in [0.4, 0.5) is 4.39 Å². The second-order valence-corrected chi connectivity index (χ2v) is 6.76. The maximum absolute atomic E-state index is 14.1. The van der Waals surface area contributed by atoms with Gasteiger partial charge in [-0.25, -0.2) is 4.39 Å². The van der Waals surface area contributed by atoms with E-state index in [1.165, 1.54) is 0 Å². The minimum atomic E-state index is -1.10. The summed E-state index contributed by atoms with van der Waals surface area (Å²) in [6.45, 7) is 13.7. The summed E-state index contributed by atoms with van der Waals surface area (Å²) in [6.07, 6.45) is 3.72. The highest BCUT2D eigenvalue weighted by Crippen LogP contribution is 2.33. The van der Waals surface area contributed by atoms with E-state index in [-0.39, 0.29) is 11.0 Å². The fraction of sp³-hybridized carbons (Fsp3) is 0.846. The summed E-state index contributed by atoms with van der Waals surface area (Å²) in [5, 5.41) is 0. The molecule has 0 aromatic heterocycles. The summed E-state index contributed by atoms with van der Waals surface area (Å²) in [6, 6.07) is 0. The van der Waals surface area contributed by atoms with Gasteiger partial charge in [0.1, 0.15) is 0 Å². The first-order valence-electron chi connectivity index (χ1n) is 5.66. The first kappa shape index (κ1) is 12.7. The summed E-state index contributed by atoms with van der Waals surface area (Å²) >= 11 is 0. The molecule has 1 nitrogen and oxygen atoms in total. The van der Waals surface area contributed by atoms with E-state index in [1.54, 1.807) is 6.08 Å². The number of likely N-dealkylation sites (tertiary alicyclic amines) is 1.